The zero-order chi connectivity index (χ0) is 0. The quantitative estimate of drug-likeness (QED) is 0.477. The third-order valence-electron chi connectivity index (χ3n) is 0. The Labute approximate surface area is 95.0 Å². The van der Waals surface area contributed by atoms with Gasteiger partial charge in [0, 0.05) is 0 Å². The Hall–Kier alpha value is 2.75. The van der Waals surface area contributed by atoms with Gasteiger partial charge < -0.3 is 11.0 Å². The fraction of sp³-hybridized carbons (Fsp3) is 0. The van der Waals surface area contributed by atoms with E-state index in [1.54, 1.807) is 0 Å². The van der Waals surface area contributed by atoms with Gasteiger partial charge in [-0.05, 0) is 0 Å². The molecule has 0 amide bonds. The molecule has 0 aliphatic heterocycles. The van der Waals surface area contributed by atoms with Crippen LogP contribution in [0.2, 0.25) is 0 Å². The van der Waals surface area contributed by atoms with Gasteiger partial charge in [0.2, 0.25) is 0 Å². The summed E-state index contributed by atoms with van der Waals surface area (Å²) in [6.45, 7) is 0. The fourth-order valence-corrected chi connectivity index (χ4v) is 0. The molecular formula is H2BaCaO2+2. The Kier molecular flexibility index (Phi) is 127. The Morgan fingerprint density at radius 3 is 0.750 bits per heavy atom. The summed E-state index contributed by atoms with van der Waals surface area (Å²) in [5.74, 6) is 0. The van der Waals surface area contributed by atoms with Crippen molar-refractivity contribution in [3.8, 4) is 0 Å². The summed E-state index contributed by atoms with van der Waals surface area (Å²) in [7, 11) is 0. The summed E-state index contributed by atoms with van der Waals surface area (Å²) in [6, 6.07) is 0. The molecule has 0 aromatic rings. The average Bonchev–Trinajstić information content (AvgIpc) is 0. The molecule has 0 aliphatic rings. The van der Waals surface area contributed by atoms with Crippen LogP contribution in [-0.2, 0) is 0 Å². The first kappa shape index (κ1) is 29.5. The third-order valence-corrected chi connectivity index (χ3v) is 0. The first-order valence-corrected chi connectivity index (χ1v) is 0. The van der Waals surface area contributed by atoms with Crippen molar-refractivity contribution in [2.75, 3.05) is 0 Å². The summed E-state index contributed by atoms with van der Waals surface area (Å²) in [6.07, 6.45) is 0. The predicted molar refractivity (Wildman–Crippen MR) is 15.4 cm³/mol. The minimum absolute atomic E-state index is 0. The van der Waals surface area contributed by atoms with Crippen molar-refractivity contribution in [3.63, 3.8) is 0 Å². The van der Waals surface area contributed by atoms with E-state index in [0.717, 1.165) is 0 Å². The van der Waals surface area contributed by atoms with E-state index in [1.165, 1.54) is 0 Å². The van der Waals surface area contributed by atoms with Crippen molar-refractivity contribution >= 4 is 86.6 Å². The van der Waals surface area contributed by atoms with E-state index < -0.39 is 0 Å². The standard InChI is InChI=1S/Ba.Ca.2H2O/h;;2*1H2/q2*+2;;/p-2. The van der Waals surface area contributed by atoms with Gasteiger partial charge in [0.05, 0.1) is 0 Å². The number of hydrogen-bond donors (Lipinski definition) is 0. The van der Waals surface area contributed by atoms with Gasteiger partial charge in [-0.25, -0.2) is 0 Å². The van der Waals surface area contributed by atoms with E-state index in [2.05, 4.69) is 0 Å². The molecule has 0 fully saturated rings. The molecule has 0 rings (SSSR count). The van der Waals surface area contributed by atoms with E-state index >= 15 is 0 Å². The summed E-state index contributed by atoms with van der Waals surface area (Å²) in [4.78, 5) is 0. The molecular weight excluding hydrogens is 209 g/mol. The fourth-order valence-electron chi connectivity index (χ4n) is 0. The van der Waals surface area contributed by atoms with Crippen molar-refractivity contribution in [1.29, 1.82) is 0 Å². The Balaban J connectivity index is 0. The molecule has 0 aromatic heterocycles. The molecule has 0 spiro atoms. The second-order valence-corrected chi connectivity index (χ2v) is 0. The second-order valence-electron chi connectivity index (χ2n) is 0. The molecule has 0 atom stereocenters. The smallest absolute Gasteiger partial charge is 0.870 e. The minimum atomic E-state index is 0. The molecule has 4 heteroatoms. The van der Waals surface area contributed by atoms with Crippen LogP contribution in [0.15, 0.2) is 0 Å². The number of rotatable bonds is 0. The van der Waals surface area contributed by atoms with Gasteiger partial charge >= 0.3 is 86.6 Å². The monoisotopic (exact) mass is 212 g/mol. The molecule has 2 N–H and O–H groups in total. The number of hydrogen-bond acceptors (Lipinski definition) is 2. The first-order chi connectivity index (χ1) is 0. The van der Waals surface area contributed by atoms with Crippen LogP contribution >= 0.6 is 0 Å². The molecule has 0 unspecified atom stereocenters. The Morgan fingerprint density at radius 2 is 0.750 bits per heavy atom. The van der Waals surface area contributed by atoms with Gasteiger partial charge in [-0.3, -0.25) is 0 Å². The minimum Gasteiger partial charge on any atom is -0.870 e. The zero-order valence-corrected chi connectivity index (χ0v) is 8.96. The van der Waals surface area contributed by atoms with E-state index in [9.17, 15) is 0 Å². The van der Waals surface area contributed by atoms with Crippen LogP contribution in [0.5, 0.6) is 0 Å². The van der Waals surface area contributed by atoms with Crippen LogP contribution in [0.25, 0.3) is 0 Å². The maximum Gasteiger partial charge on any atom is 2.00 e. The summed E-state index contributed by atoms with van der Waals surface area (Å²) < 4.78 is 0. The van der Waals surface area contributed by atoms with Crippen LogP contribution < -0.4 is 0 Å². The van der Waals surface area contributed by atoms with Crippen molar-refractivity contribution in [1.82, 2.24) is 0 Å². The Bertz CT molecular complexity index is 6.00. The molecule has 0 aromatic carbocycles. The molecule has 0 bridgehead atoms. The SMILES string of the molecule is [Ba+2].[Ca+2].[OH-].[OH-]. The molecule has 0 saturated heterocycles. The topological polar surface area (TPSA) is 60.0 Å². The molecule has 4 heavy (non-hydrogen) atoms. The molecule has 0 heterocycles. The molecule has 2 nitrogen and oxygen atoms in total. The second kappa shape index (κ2) is 17.2. The van der Waals surface area contributed by atoms with Gasteiger partial charge in [0.1, 0.15) is 0 Å². The van der Waals surface area contributed by atoms with Gasteiger partial charge in [-0.15, -0.1) is 0 Å². The zero-order valence-electron chi connectivity index (χ0n) is 2.31. The maximum atomic E-state index is 0. The molecule has 16 valence electrons. The van der Waals surface area contributed by atoms with Gasteiger partial charge in [0.15, 0.2) is 0 Å². The van der Waals surface area contributed by atoms with Gasteiger partial charge in [-0.1, -0.05) is 0 Å². The van der Waals surface area contributed by atoms with Crippen LogP contribution in [0.1, 0.15) is 0 Å². The first-order valence-electron chi connectivity index (χ1n) is 0. The summed E-state index contributed by atoms with van der Waals surface area (Å²) in [5.41, 5.74) is 0. The van der Waals surface area contributed by atoms with Crippen molar-refractivity contribution in [3.05, 3.63) is 0 Å². The van der Waals surface area contributed by atoms with Gasteiger partial charge in [0.25, 0.3) is 0 Å². The van der Waals surface area contributed by atoms with Crippen LogP contribution in [0, 0.1) is 0 Å². The van der Waals surface area contributed by atoms with Crippen LogP contribution in [-0.4, -0.2) is 97.6 Å². The molecule has 0 saturated carbocycles. The Morgan fingerprint density at radius 1 is 0.750 bits per heavy atom. The van der Waals surface area contributed by atoms with Crippen molar-refractivity contribution in [2.45, 2.75) is 0 Å². The molecule has 0 radical (unpaired) electrons. The average molecular weight is 211 g/mol. The van der Waals surface area contributed by atoms with Crippen LogP contribution in [0.4, 0.5) is 0 Å². The largest absolute Gasteiger partial charge is 2.00 e. The van der Waals surface area contributed by atoms with E-state index in [0.29, 0.717) is 0 Å². The summed E-state index contributed by atoms with van der Waals surface area (Å²) >= 11 is 0. The van der Waals surface area contributed by atoms with E-state index in [-0.39, 0.29) is 97.6 Å². The van der Waals surface area contributed by atoms with Crippen LogP contribution in [0.3, 0.4) is 0 Å². The van der Waals surface area contributed by atoms with E-state index in [1.807, 2.05) is 0 Å². The maximum absolute atomic E-state index is 0. The third kappa shape index (κ3) is 8.83. The predicted octanol–water partition coefficient (Wildman–Crippen LogP) is -1.12. The summed E-state index contributed by atoms with van der Waals surface area (Å²) in [5, 5.41) is 0. The van der Waals surface area contributed by atoms with E-state index in [4.69, 9.17) is 0 Å². The normalized spacial score (nSPS) is 0. The van der Waals surface area contributed by atoms with Gasteiger partial charge in [-0.2, -0.15) is 0 Å². The van der Waals surface area contributed by atoms with Crippen molar-refractivity contribution < 1.29 is 11.0 Å². The van der Waals surface area contributed by atoms with Crippen molar-refractivity contribution in [2.24, 2.45) is 0 Å². The molecule has 0 aliphatic carbocycles.